The Bertz CT molecular complexity index is 722. The van der Waals surface area contributed by atoms with Gasteiger partial charge in [-0.1, -0.05) is 23.8 Å². The van der Waals surface area contributed by atoms with Crippen molar-refractivity contribution in [1.82, 2.24) is 5.32 Å². The maximum Gasteiger partial charge on any atom is 0.216 e. The summed E-state index contributed by atoms with van der Waals surface area (Å²) < 4.78 is 5.90. The monoisotopic (exact) mass is 313 g/mol. The first kappa shape index (κ1) is 15.8. The first-order chi connectivity index (χ1) is 11.1. The standard InChI is InChI=1S/C19H23NO3/c1-12-7-14-3-4-17(23-16-5-6-16)9-19(14)18(8-12)15(11-21)10-20-13(2)22/h3-4,7-9,15-16,21H,5-6,10-11H2,1-2H3,(H,20,22). The van der Waals surface area contributed by atoms with Gasteiger partial charge in [-0.3, -0.25) is 4.79 Å². The Morgan fingerprint density at radius 3 is 2.78 bits per heavy atom. The number of carbonyl (C=O) groups is 1. The first-order valence-corrected chi connectivity index (χ1v) is 8.13. The van der Waals surface area contributed by atoms with Crippen molar-refractivity contribution in [2.24, 2.45) is 0 Å². The van der Waals surface area contributed by atoms with E-state index in [0.29, 0.717) is 12.6 Å². The lowest BCUT2D eigenvalue weighted by Gasteiger charge is -2.19. The van der Waals surface area contributed by atoms with Gasteiger partial charge in [-0.05, 0) is 48.2 Å². The van der Waals surface area contributed by atoms with Gasteiger partial charge in [0.05, 0.1) is 12.7 Å². The van der Waals surface area contributed by atoms with E-state index in [0.717, 1.165) is 40.5 Å². The lowest BCUT2D eigenvalue weighted by molar-refractivity contribution is -0.119. The van der Waals surface area contributed by atoms with Gasteiger partial charge in [0, 0.05) is 19.4 Å². The fourth-order valence-electron chi connectivity index (χ4n) is 2.85. The number of rotatable bonds is 6. The molecule has 0 aliphatic heterocycles. The number of hydrogen-bond acceptors (Lipinski definition) is 3. The van der Waals surface area contributed by atoms with E-state index in [-0.39, 0.29) is 18.4 Å². The number of ether oxygens (including phenoxy) is 1. The molecule has 1 aliphatic carbocycles. The zero-order valence-corrected chi connectivity index (χ0v) is 13.6. The predicted octanol–water partition coefficient (Wildman–Crippen LogP) is 2.90. The molecule has 122 valence electrons. The molecular formula is C19H23NO3. The molecule has 0 heterocycles. The van der Waals surface area contributed by atoms with E-state index in [9.17, 15) is 9.90 Å². The highest BCUT2D eigenvalue weighted by Crippen LogP contribution is 2.33. The van der Waals surface area contributed by atoms with Gasteiger partial charge in [0.15, 0.2) is 0 Å². The van der Waals surface area contributed by atoms with Gasteiger partial charge in [0.2, 0.25) is 5.91 Å². The molecule has 2 aromatic rings. The molecule has 3 rings (SSSR count). The second-order valence-corrected chi connectivity index (χ2v) is 6.37. The molecular weight excluding hydrogens is 290 g/mol. The van der Waals surface area contributed by atoms with Crippen molar-refractivity contribution in [3.63, 3.8) is 0 Å². The number of carbonyl (C=O) groups excluding carboxylic acids is 1. The summed E-state index contributed by atoms with van der Waals surface area (Å²) in [5.41, 5.74) is 2.20. The van der Waals surface area contributed by atoms with Gasteiger partial charge < -0.3 is 15.2 Å². The van der Waals surface area contributed by atoms with E-state index >= 15 is 0 Å². The minimum atomic E-state index is -0.127. The van der Waals surface area contributed by atoms with E-state index in [1.807, 2.05) is 13.0 Å². The number of fused-ring (bicyclic) bond motifs is 1. The molecule has 2 aromatic carbocycles. The molecule has 1 saturated carbocycles. The Kier molecular flexibility index (Phi) is 4.53. The van der Waals surface area contributed by atoms with E-state index < -0.39 is 0 Å². The van der Waals surface area contributed by atoms with E-state index in [2.05, 4.69) is 29.6 Å². The number of hydrogen-bond donors (Lipinski definition) is 2. The smallest absolute Gasteiger partial charge is 0.216 e. The molecule has 1 fully saturated rings. The average Bonchev–Trinajstić information content (AvgIpc) is 3.32. The molecule has 0 bridgehead atoms. The molecule has 0 saturated heterocycles. The summed E-state index contributed by atoms with van der Waals surface area (Å²) in [5, 5.41) is 14.8. The molecule has 1 unspecified atom stereocenters. The van der Waals surface area contributed by atoms with Crippen LogP contribution in [-0.4, -0.2) is 30.3 Å². The number of aliphatic hydroxyl groups excluding tert-OH is 1. The number of aryl methyl sites for hydroxylation is 1. The maximum absolute atomic E-state index is 11.2. The largest absolute Gasteiger partial charge is 0.490 e. The quantitative estimate of drug-likeness (QED) is 0.862. The normalized spacial score (nSPS) is 15.4. The van der Waals surface area contributed by atoms with Gasteiger partial charge in [-0.25, -0.2) is 0 Å². The van der Waals surface area contributed by atoms with Crippen LogP contribution in [0, 0.1) is 6.92 Å². The van der Waals surface area contributed by atoms with Crippen LogP contribution < -0.4 is 10.1 Å². The molecule has 0 radical (unpaired) electrons. The number of nitrogens with one attached hydrogen (secondary N) is 1. The molecule has 4 heteroatoms. The summed E-state index contributed by atoms with van der Waals surface area (Å²) in [6.45, 7) is 3.96. The SMILES string of the molecule is CC(=O)NCC(CO)c1cc(C)cc2ccc(OC3CC3)cc12. The van der Waals surface area contributed by atoms with Crippen molar-refractivity contribution in [1.29, 1.82) is 0 Å². The third kappa shape index (κ3) is 3.82. The molecule has 1 aliphatic rings. The summed E-state index contributed by atoms with van der Waals surface area (Å²) >= 11 is 0. The van der Waals surface area contributed by atoms with E-state index in [1.165, 1.54) is 6.92 Å². The minimum absolute atomic E-state index is 0.00740. The van der Waals surface area contributed by atoms with Crippen molar-refractivity contribution >= 4 is 16.7 Å². The van der Waals surface area contributed by atoms with Crippen molar-refractivity contribution in [2.45, 2.75) is 38.7 Å². The fraction of sp³-hybridized carbons (Fsp3) is 0.421. The molecule has 1 amide bonds. The number of amides is 1. The van der Waals surface area contributed by atoms with Crippen LogP contribution in [0.25, 0.3) is 10.8 Å². The third-order valence-corrected chi connectivity index (χ3v) is 4.19. The molecule has 4 nitrogen and oxygen atoms in total. The molecule has 1 atom stereocenters. The molecule has 2 N–H and O–H groups in total. The van der Waals surface area contributed by atoms with Crippen LogP contribution in [0.15, 0.2) is 30.3 Å². The van der Waals surface area contributed by atoms with E-state index in [4.69, 9.17) is 4.74 Å². The van der Waals surface area contributed by atoms with Gasteiger partial charge >= 0.3 is 0 Å². The lowest BCUT2D eigenvalue weighted by atomic mass is 9.92. The second-order valence-electron chi connectivity index (χ2n) is 6.37. The van der Waals surface area contributed by atoms with Crippen molar-refractivity contribution in [2.75, 3.05) is 13.2 Å². The highest BCUT2D eigenvalue weighted by Gasteiger charge is 2.24. The third-order valence-electron chi connectivity index (χ3n) is 4.19. The highest BCUT2D eigenvalue weighted by molar-refractivity contribution is 5.88. The fourth-order valence-corrected chi connectivity index (χ4v) is 2.85. The topological polar surface area (TPSA) is 58.6 Å². The zero-order chi connectivity index (χ0) is 16.4. The maximum atomic E-state index is 11.2. The summed E-state index contributed by atoms with van der Waals surface area (Å²) in [6.07, 6.45) is 2.61. The van der Waals surface area contributed by atoms with Crippen LogP contribution in [-0.2, 0) is 4.79 Å². The van der Waals surface area contributed by atoms with Gasteiger partial charge in [0.1, 0.15) is 5.75 Å². The highest BCUT2D eigenvalue weighted by atomic mass is 16.5. The summed E-state index contributed by atoms with van der Waals surface area (Å²) in [6, 6.07) is 10.3. The number of benzene rings is 2. The van der Waals surface area contributed by atoms with Crippen LogP contribution in [0.2, 0.25) is 0 Å². The molecule has 0 spiro atoms. The molecule has 0 aromatic heterocycles. The van der Waals surface area contributed by atoms with Crippen LogP contribution in [0.4, 0.5) is 0 Å². The van der Waals surface area contributed by atoms with Crippen LogP contribution in [0.5, 0.6) is 5.75 Å². The lowest BCUT2D eigenvalue weighted by Crippen LogP contribution is -2.27. The Labute approximate surface area is 136 Å². The summed E-state index contributed by atoms with van der Waals surface area (Å²) in [5.74, 6) is 0.664. The summed E-state index contributed by atoms with van der Waals surface area (Å²) in [4.78, 5) is 11.2. The predicted molar refractivity (Wildman–Crippen MR) is 90.8 cm³/mol. The Morgan fingerprint density at radius 2 is 2.13 bits per heavy atom. The Balaban J connectivity index is 1.99. The van der Waals surface area contributed by atoms with Gasteiger partial charge in [0.25, 0.3) is 0 Å². The minimum Gasteiger partial charge on any atom is -0.490 e. The Morgan fingerprint density at radius 1 is 1.35 bits per heavy atom. The van der Waals surface area contributed by atoms with E-state index in [1.54, 1.807) is 0 Å². The van der Waals surface area contributed by atoms with Crippen molar-refractivity contribution < 1.29 is 14.6 Å². The van der Waals surface area contributed by atoms with Gasteiger partial charge in [-0.15, -0.1) is 0 Å². The summed E-state index contributed by atoms with van der Waals surface area (Å²) in [7, 11) is 0. The van der Waals surface area contributed by atoms with Crippen LogP contribution in [0.1, 0.15) is 36.8 Å². The number of aliphatic hydroxyl groups is 1. The van der Waals surface area contributed by atoms with Crippen LogP contribution >= 0.6 is 0 Å². The van der Waals surface area contributed by atoms with Crippen molar-refractivity contribution in [3.8, 4) is 5.75 Å². The Hall–Kier alpha value is -2.07. The van der Waals surface area contributed by atoms with Gasteiger partial charge in [-0.2, -0.15) is 0 Å². The molecule has 23 heavy (non-hydrogen) atoms. The first-order valence-electron chi connectivity index (χ1n) is 8.13. The second kappa shape index (κ2) is 6.59. The average molecular weight is 313 g/mol. The zero-order valence-electron chi connectivity index (χ0n) is 13.6. The van der Waals surface area contributed by atoms with Crippen molar-refractivity contribution in [3.05, 3.63) is 41.5 Å². The van der Waals surface area contributed by atoms with Crippen LogP contribution in [0.3, 0.4) is 0 Å².